The van der Waals surface area contributed by atoms with Gasteiger partial charge in [-0.1, -0.05) is 43.3 Å². The average Bonchev–Trinajstić information content (AvgIpc) is 3.15. The fourth-order valence-corrected chi connectivity index (χ4v) is 3.89. The number of thiazole rings is 1. The Morgan fingerprint density at radius 2 is 1.78 bits per heavy atom. The van der Waals surface area contributed by atoms with Gasteiger partial charge in [0.2, 0.25) is 0 Å². The second-order valence-electron chi connectivity index (χ2n) is 7.06. The third-order valence-electron chi connectivity index (χ3n) is 4.73. The van der Waals surface area contributed by atoms with Gasteiger partial charge in [0.1, 0.15) is 9.88 Å². The maximum absolute atomic E-state index is 13.1. The van der Waals surface area contributed by atoms with Crippen LogP contribution in [-0.2, 0) is 22.1 Å². The van der Waals surface area contributed by atoms with Crippen molar-refractivity contribution in [3.63, 3.8) is 0 Å². The SMILES string of the molecule is CCc1ccc(-c2nc(C)c(C(=O)OC(C)C(=O)Nc3ccccc3C(F)(F)F)s2)cc1. The van der Waals surface area contributed by atoms with Crippen molar-refractivity contribution in [2.75, 3.05) is 5.32 Å². The lowest BCUT2D eigenvalue weighted by molar-refractivity contribution is -0.137. The van der Waals surface area contributed by atoms with Gasteiger partial charge in [-0.05, 0) is 38.0 Å². The number of hydrogen-bond donors (Lipinski definition) is 1. The molecule has 1 aromatic heterocycles. The molecule has 2 aromatic carbocycles. The van der Waals surface area contributed by atoms with E-state index in [1.807, 2.05) is 24.3 Å². The summed E-state index contributed by atoms with van der Waals surface area (Å²) in [6.45, 7) is 5.00. The number of esters is 1. The van der Waals surface area contributed by atoms with Crippen molar-refractivity contribution in [2.24, 2.45) is 0 Å². The van der Waals surface area contributed by atoms with E-state index in [0.29, 0.717) is 10.7 Å². The molecule has 5 nitrogen and oxygen atoms in total. The topological polar surface area (TPSA) is 68.3 Å². The summed E-state index contributed by atoms with van der Waals surface area (Å²) in [6.07, 6.45) is -5.03. The molecule has 0 radical (unpaired) electrons. The monoisotopic (exact) mass is 462 g/mol. The minimum atomic E-state index is -4.63. The summed E-state index contributed by atoms with van der Waals surface area (Å²) >= 11 is 1.13. The molecule has 1 heterocycles. The van der Waals surface area contributed by atoms with Gasteiger partial charge in [-0.25, -0.2) is 9.78 Å². The van der Waals surface area contributed by atoms with Gasteiger partial charge in [0.15, 0.2) is 6.10 Å². The molecule has 0 aliphatic carbocycles. The number of hydrogen-bond acceptors (Lipinski definition) is 5. The molecule has 168 valence electrons. The smallest absolute Gasteiger partial charge is 0.418 e. The maximum atomic E-state index is 13.1. The molecular formula is C23H21F3N2O3S. The molecule has 1 atom stereocenters. The van der Waals surface area contributed by atoms with Crippen LogP contribution in [0.1, 0.15) is 40.3 Å². The van der Waals surface area contributed by atoms with Crippen LogP contribution in [0.3, 0.4) is 0 Å². The van der Waals surface area contributed by atoms with Gasteiger partial charge in [0.25, 0.3) is 5.91 Å². The number of rotatable bonds is 6. The fraction of sp³-hybridized carbons (Fsp3) is 0.261. The van der Waals surface area contributed by atoms with E-state index < -0.39 is 35.4 Å². The number of anilines is 1. The standard InChI is InChI=1S/C23H21F3N2O3S/c1-4-15-9-11-16(12-10-15)21-27-13(2)19(32-21)22(30)31-14(3)20(29)28-18-8-6-5-7-17(18)23(24,25)26/h5-12,14H,4H2,1-3H3,(H,28,29). The number of ether oxygens (including phenoxy) is 1. The Morgan fingerprint density at radius 1 is 1.12 bits per heavy atom. The summed E-state index contributed by atoms with van der Waals surface area (Å²) in [6, 6.07) is 12.4. The number of nitrogens with zero attached hydrogens (tertiary/aromatic N) is 1. The van der Waals surface area contributed by atoms with Gasteiger partial charge in [-0.15, -0.1) is 11.3 Å². The van der Waals surface area contributed by atoms with E-state index in [1.54, 1.807) is 6.92 Å². The molecular weight excluding hydrogens is 441 g/mol. The van der Waals surface area contributed by atoms with Crippen molar-refractivity contribution in [1.82, 2.24) is 4.98 Å². The predicted molar refractivity (Wildman–Crippen MR) is 117 cm³/mol. The van der Waals surface area contributed by atoms with Crippen LogP contribution >= 0.6 is 11.3 Å². The van der Waals surface area contributed by atoms with Gasteiger partial charge in [-0.2, -0.15) is 13.2 Å². The molecule has 3 aromatic rings. The van der Waals surface area contributed by atoms with E-state index >= 15 is 0 Å². The minimum absolute atomic E-state index is 0.231. The first-order chi connectivity index (χ1) is 15.1. The molecule has 1 amide bonds. The van der Waals surface area contributed by atoms with Crippen LogP contribution in [0.2, 0.25) is 0 Å². The van der Waals surface area contributed by atoms with Crippen LogP contribution in [0.25, 0.3) is 10.6 Å². The molecule has 0 aliphatic heterocycles. The van der Waals surface area contributed by atoms with Gasteiger partial charge in [0.05, 0.1) is 16.9 Å². The molecule has 9 heteroatoms. The van der Waals surface area contributed by atoms with Crippen molar-refractivity contribution in [3.8, 4) is 10.6 Å². The highest BCUT2D eigenvalue weighted by Gasteiger charge is 2.34. The third-order valence-corrected chi connectivity index (χ3v) is 5.92. The predicted octanol–water partition coefficient (Wildman–Crippen LogP) is 5.88. The zero-order valence-electron chi connectivity index (χ0n) is 17.6. The zero-order chi connectivity index (χ0) is 23.5. The molecule has 1 N–H and O–H groups in total. The Morgan fingerprint density at radius 3 is 2.41 bits per heavy atom. The van der Waals surface area contributed by atoms with Crippen molar-refractivity contribution in [2.45, 2.75) is 39.5 Å². The molecule has 3 rings (SSSR count). The molecule has 0 saturated heterocycles. The largest absolute Gasteiger partial charge is 0.448 e. The van der Waals surface area contributed by atoms with E-state index in [0.717, 1.165) is 35.5 Å². The molecule has 0 fully saturated rings. The summed E-state index contributed by atoms with van der Waals surface area (Å²) in [5, 5.41) is 2.81. The Labute approximate surface area is 187 Å². The van der Waals surface area contributed by atoms with E-state index in [4.69, 9.17) is 4.74 Å². The Kier molecular flexibility index (Phi) is 6.98. The second kappa shape index (κ2) is 9.52. The highest BCUT2D eigenvalue weighted by atomic mass is 32.1. The number of benzene rings is 2. The van der Waals surface area contributed by atoms with Gasteiger partial charge >= 0.3 is 12.1 Å². The summed E-state index contributed by atoms with van der Waals surface area (Å²) in [5.74, 6) is -1.63. The number of alkyl halides is 3. The number of halogens is 3. The third kappa shape index (κ3) is 5.34. The van der Waals surface area contributed by atoms with Crippen molar-refractivity contribution < 1.29 is 27.5 Å². The van der Waals surface area contributed by atoms with Crippen molar-refractivity contribution in [3.05, 3.63) is 70.2 Å². The number of para-hydroxylation sites is 1. The molecule has 0 aliphatic rings. The quantitative estimate of drug-likeness (QED) is 0.464. The Balaban J connectivity index is 1.71. The van der Waals surface area contributed by atoms with E-state index in [2.05, 4.69) is 17.2 Å². The van der Waals surface area contributed by atoms with E-state index in [1.165, 1.54) is 24.6 Å². The molecule has 0 saturated carbocycles. The normalized spacial score (nSPS) is 12.3. The van der Waals surface area contributed by atoms with Crippen LogP contribution in [-0.4, -0.2) is 23.0 Å². The van der Waals surface area contributed by atoms with Gasteiger partial charge < -0.3 is 10.1 Å². The average molecular weight is 462 g/mol. The van der Waals surface area contributed by atoms with Crippen molar-refractivity contribution >= 4 is 28.9 Å². The lowest BCUT2D eigenvalue weighted by Gasteiger charge is -2.16. The highest BCUT2D eigenvalue weighted by Crippen LogP contribution is 2.34. The molecule has 1 unspecified atom stereocenters. The first kappa shape index (κ1) is 23.5. The fourth-order valence-electron chi connectivity index (χ4n) is 2.93. The number of carbonyl (C=O) groups excluding carboxylic acids is 2. The van der Waals surface area contributed by atoms with Crippen LogP contribution in [0, 0.1) is 6.92 Å². The van der Waals surface area contributed by atoms with E-state index in [9.17, 15) is 22.8 Å². The summed E-state index contributed by atoms with van der Waals surface area (Å²) in [7, 11) is 0. The lowest BCUT2D eigenvalue weighted by Crippen LogP contribution is -2.30. The van der Waals surface area contributed by atoms with Gasteiger partial charge in [-0.3, -0.25) is 4.79 Å². The molecule has 0 bridgehead atoms. The zero-order valence-corrected chi connectivity index (χ0v) is 18.4. The van der Waals surface area contributed by atoms with E-state index in [-0.39, 0.29) is 4.88 Å². The number of aryl methyl sites for hydroxylation is 2. The Hall–Kier alpha value is -3.20. The summed E-state index contributed by atoms with van der Waals surface area (Å²) in [4.78, 5) is 29.6. The number of amides is 1. The lowest BCUT2D eigenvalue weighted by atomic mass is 10.1. The number of nitrogens with one attached hydrogen (secondary N) is 1. The van der Waals surface area contributed by atoms with Gasteiger partial charge in [0, 0.05) is 5.56 Å². The van der Waals surface area contributed by atoms with Crippen LogP contribution in [0.15, 0.2) is 48.5 Å². The second-order valence-corrected chi connectivity index (χ2v) is 8.06. The highest BCUT2D eigenvalue weighted by molar-refractivity contribution is 7.17. The molecule has 0 spiro atoms. The summed E-state index contributed by atoms with van der Waals surface area (Å²) in [5.41, 5.74) is 1.09. The maximum Gasteiger partial charge on any atom is 0.418 e. The van der Waals surface area contributed by atoms with Crippen LogP contribution in [0.5, 0.6) is 0 Å². The van der Waals surface area contributed by atoms with Crippen LogP contribution in [0.4, 0.5) is 18.9 Å². The Bertz CT molecular complexity index is 1120. The van der Waals surface area contributed by atoms with Crippen LogP contribution < -0.4 is 5.32 Å². The molecule has 32 heavy (non-hydrogen) atoms. The number of aromatic nitrogens is 1. The first-order valence-corrected chi connectivity index (χ1v) is 10.7. The minimum Gasteiger partial charge on any atom is -0.448 e. The number of carbonyl (C=O) groups is 2. The summed E-state index contributed by atoms with van der Waals surface area (Å²) < 4.78 is 44.6. The van der Waals surface area contributed by atoms with Crippen molar-refractivity contribution in [1.29, 1.82) is 0 Å². The first-order valence-electron chi connectivity index (χ1n) is 9.85.